The Morgan fingerprint density at radius 2 is 2.00 bits per heavy atom. The highest BCUT2D eigenvalue weighted by atomic mass is 35.5. The number of hydrogen-bond acceptors (Lipinski definition) is 4. The number of rotatable bonds is 2. The maximum Gasteiger partial charge on any atom is 0.220 e. The van der Waals surface area contributed by atoms with E-state index < -0.39 is 0 Å². The van der Waals surface area contributed by atoms with Crippen LogP contribution in [0.15, 0.2) is 6.07 Å². The molecular weight excluding hydrogens is 263 g/mol. The van der Waals surface area contributed by atoms with Crippen molar-refractivity contribution in [2.24, 2.45) is 11.7 Å². The third-order valence-corrected chi connectivity index (χ3v) is 3.39. The number of aromatic nitrogens is 2. The Balaban J connectivity index is 2.10. The van der Waals surface area contributed by atoms with Crippen molar-refractivity contribution in [2.45, 2.75) is 12.8 Å². The molecule has 1 aromatic heterocycles. The zero-order chi connectivity index (χ0) is 12.4. The van der Waals surface area contributed by atoms with E-state index in [1.54, 1.807) is 6.07 Å². The summed E-state index contributed by atoms with van der Waals surface area (Å²) in [5, 5.41) is 8.05. The van der Waals surface area contributed by atoms with E-state index >= 15 is 0 Å². The van der Waals surface area contributed by atoms with Gasteiger partial charge in [-0.05, 0) is 12.8 Å². The van der Waals surface area contributed by atoms with Crippen molar-refractivity contribution in [2.75, 3.05) is 18.0 Å². The van der Waals surface area contributed by atoms with Gasteiger partial charge in [0.1, 0.15) is 0 Å². The van der Waals surface area contributed by atoms with Gasteiger partial charge in [0.2, 0.25) is 5.91 Å². The van der Waals surface area contributed by atoms with Crippen LogP contribution in [0.1, 0.15) is 12.8 Å². The number of anilines is 1. The summed E-state index contributed by atoms with van der Waals surface area (Å²) in [5.74, 6) is -0.281. The van der Waals surface area contributed by atoms with Crippen LogP contribution < -0.4 is 10.6 Å². The standard InChI is InChI=1S/C10H12Cl2N4O/c11-8-5-7(9(12)15-14-8)16-3-1-6(2-4-16)10(13)17/h5-6H,1-4H2,(H2,13,17). The van der Waals surface area contributed by atoms with Crippen molar-refractivity contribution in [3.63, 3.8) is 0 Å². The van der Waals surface area contributed by atoms with Gasteiger partial charge < -0.3 is 10.6 Å². The van der Waals surface area contributed by atoms with Gasteiger partial charge in [0.15, 0.2) is 10.3 Å². The van der Waals surface area contributed by atoms with Crippen molar-refractivity contribution in [3.8, 4) is 0 Å². The number of hydrogen-bond donors (Lipinski definition) is 1. The van der Waals surface area contributed by atoms with Crippen molar-refractivity contribution in [3.05, 3.63) is 16.4 Å². The fourth-order valence-corrected chi connectivity index (χ4v) is 2.32. The average molecular weight is 275 g/mol. The maximum absolute atomic E-state index is 11.1. The van der Waals surface area contributed by atoms with Gasteiger partial charge in [0.25, 0.3) is 0 Å². The highest BCUT2D eigenvalue weighted by molar-refractivity contribution is 6.33. The zero-order valence-electron chi connectivity index (χ0n) is 9.07. The lowest BCUT2D eigenvalue weighted by atomic mass is 9.96. The number of halogens is 2. The first kappa shape index (κ1) is 12.4. The molecule has 17 heavy (non-hydrogen) atoms. The molecular formula is C10H12Cl2N4O. The molecule has 5 nitrogen and oxygen atoms in total. The molecule has 0 aromatic carbocycles. The van der Waals surface area contributed by atoms with E-state index in [2.05, 4.69) is 10.2 Å². The molecule has 0 saturated carbocycles. The lowest BCUT2D eigenvalue weighted by molar-refractivity contribution is -0.122. The summed E-state index contributed by atoms with van der Waals surface area (Å²) >= 11 is 11.7. The average Bonchev–Trinajstić information content (AvgIpc) is 2.32. The molecule has 0 atom stereocenters. The third kappa shape index (κ3) is 2.79. The van der Waals surface area contributed by atoms with Crippen LogP contribution in [0.5, 0.6) is 0 Å². The van der Waals surface area contributed by atoms with Gasteiger partial charge in [-0.2, -0.15) is 0 Å². The molecule has 0 unspecified atom stereocenters. The summed E-state index contributed by atoms with van der Waals surface area (Å²) in [6.07, 6.45) is 1.46. The first-order chi connectivity index (χ1) is 8.08. The molecule has 92 valence electrons. The summed E-state index contributed by atoms with van der Waals surface area (Å²) in [6, 6.07) is 1.68. The Bertz CT molecular complexity index is 432. The smallest absolute Gasteiger partial charge is 0.220 e. The zero-order valence-corrected chi connectivity index (χ0v) is 10.6. The molecule has 2 heterocycles. The molecule has 0 radical (unpaired) electrons. The lowest BCUT2D eigenvalue weighted by Gasteiger charge is -2.32. The van der Waals surface area contributed by atoms with E-state index in [-0.39, 0.29) is 11.8 Å². The largest absolute Gasteiger partial charge is 0.369 e. The van der Waals surface area contributed by atoms with E-state index in [0.29, 0.717) is 10.3 Å². The van der Waals surface area contributed by atoms with Gasteiger partial charge in [-0.15, -0.1) is 10.2 Å². The minimum Gasteiger partial charge on any atom is -0.369 e. The van der Waals surface area contributed by atoms with Gasteiger partial charge in [-0.25, -0.2) is 0 Å². The number of carbonyl (C=O) groups is 1. The molecule has 1 saturated heterocycles. The fourth-order valence-electron chi connectivity index (χ4n) is 1.97. The van der Waals surface area contributed by atoms with E-state index in [1.807, 2.05) is 4.90 Å². The molecule has 2 N–H and O–H groups in total. The quantitative estimate of drug-likeness (QED) is 0.887. The van der Waals surface area contributed by atoms with Crippen molar-refractivity contribution >= 4 is 34.8 Å². The number of primary amides is 1. The van der Waals surface area contributed by atoms with Crippen LogP contribution >= 0.6 is 23.2 Å². The van der Waals surface area contributed by atoms with Crippen LogP contribution in [0.25, 0.3) is 0 Å². The molecule has 2 rings (SSSR count). The van der Waals surface area contributed by atoms with Crippen LogP contribution in [0.2, 0.25) is 10.3 Å². The summed E-state index contributed by atoms with van der Waals surface area (Å²) in [4.78, 5) is 13.1. The monoisotopic (exact) mass is 274 g/mol. The second-order valence-electron chi connectivity index (χ2n) is 4.01. The van der Waals surface area contributed by atoms with Crippen molar-refractivity contribution in [1.29, 1.82) is 0 Å². The molecule has 0 bridgehead atoms. The number of amides is 1. The highest BCUT2D eigenvalue weighted by Gasteiger charge is 2.24. The number of carbonyl (C=O) groups excluding carboxylic acids is 1. The minimum absolute atomic E-state index is 0.0460. The Morgan fingerprint density at radius 3 is 2.59 bits per heavy atom. The lowest BCUT2D eigenvalue weighted by Crippen LogP contribution is -2.38. The summed E-state index contributed by atoms with van der Waals surface area (Å²) in [6.45, 7) is 1.44. The molecule has 1 aliphatic heterocycles. The Hall–Kier alpha value is -1.07. The van der Waals surface area contributed by atoms with Crippen LogP contribution in [-0.2, 0) is 4.79 Å². The van der Waals surface area contributed by atoms with E-state index in [1.165, 1.54) is 0 Å². The number of nitrogens with two attached hydrogens (primary N) is 1. The van der Waals surface area contributed by atoms with Crippen molar-refractivity contribution in [1.82, 2.24) is 10.2 Å². The minimum atomic E-state index is -0.235. The van der Waals surface area contributed by atoms with Gasteiger partial charge >= 0.3 is 0 Å². The summed E-state index contributed by atoms with van der Waals surface area (Å²) < 4.78 is 0. The van der Waals surface area contributed by atoms with E-state index in [4.69, 9.17) is 28.9 Å². The second-order valence-corrected chi connectivity index (χ2v) is 4.75. The van der Waals surface area contributed by atoms with Gasteiger partial charge in [0.05, 0.1) is 5.69 Å². The summed E-state index contributed by atoms with van der Waals surface area (Å²) in [7, 11) is 0. The summed E-state index contributed by atoms with van der Waals surface area (Å²) in [5.41, 5.74) is 6.04. The first-order valence-corrected chi connectivity index (χ1v) is 6.06. The van der Waals surface area contributed by atoms with Crippen LogP contribution in [-0.4, -0.2) is 29.2 Å². The predicted octanol–water partition coefficient (Wildman–Crippen LogP) is 1.49. The van der Waals surface area contributed by atoms with Gasteiger partial charge in [-0.1, -0.05) is 23.2 Å². The van der Waals surface area contributed by atoms with Crippen LogP contribution in [0.4, 0.5) is 5.69 Å². The molecule has 1 aliphatic rings. The number of piperidine rings is 1. The van der Waals surface area contributed by atoms with Gasteiger partial charge in [-0.3, -0.25) is 4.79 Å². The second kappa shape index (κ2) is 5.06. The van der Waals surface area contributed by atoms with Crippen LogP contribution in [0, 0.1) is 5.92 Å². The number of nitrogens with zero attached hydrogens (tertiary/aromatic N) is 3. The normalized spacial score (nSPS) is 17.2. The Kier molecular flexibility index (Phi) is 3.69. The molecule has 7 heteroatoms. The molecule has 1 aromatic rings. The topological polar surface area (TPSA) is 72.1 Å². The molecule has 0 spiro atoms. The molecule has 0 aliphatic carbocycles. The molecule has 1 fully saturated rings. The highest BCUT2D eigenvalue weighted by Crippen LogP contribution is 2.29. The first-order valence-electron chi connectivity index (χ1n) is 5.31. The Labute approximate surface area is 109 Å². The Morgan fingerprint density at radius 1 is 1.35 bits per heavy atom. The van der Waals surface area contributed by atoms with E-state index in [9.17, 15) is 4.79 Å². The van der Waals surface area contributed by atoms with Crippen LogP contribution in [0.3, 0.4) is 0 Å². The fraction of sp³-hybridized carbons (Fsp3) is 0.500. The third-order valence-electron chi connectivity index (χ3n) is 2.94. The maximum atomic E-state index is 11.1. The van der Waals surface area contributed by atoms with E-state index in [0.717, 1.165) is 31.6 Å². The van der Waals surface area contributed by atoms with Crippen molar-refractivity contribution < 1.29 is 4.79 Å². The molecule has 1 amide bonds. The predicted molar refractivity (Wildman–Crippen MR) is 66.2 cm³/mol. The van der Waals surface area contributed by atoms with Gasteiger partial charge in [0, 0.05) is 25.1 Å². The SMILES string of the molecule is NC(=O)C1CCN(c2cc(Cl)nnc2Cl)CC1.